The van der Waals surface area contributed by atoms with E-state index in [-0.39, 0.29) is 0 Å². The molecule has 0 amide bonds. The highest BCUT2D eigenvalue weighted by molar-refractivity contribution is 5.63. The van der Waals surface area contributed by atoms with Crippen molar-refractivity contribution < 1.29 is 14.3 Å². The molecule has 22 heavy (non-hydrogen) atoms. The largest absolute Gasteiger partial charge is 0.513 e. The molecule has 0 aliphatic heterocycles. The molecule has 0 fully saturated rings. The van der Waals surface area contributed by atoms with Crippen molar-refractivity contribution in [3.63, 3.8) is 0 Å². The summed E-state index contributed by atoms with van der Waals surface area (Å²) in [4.78, 5) is 11.6. The summed E-state index contributed by atoms with van der Waals surface area (Å²) in [5, 5.41) is 0. The normalized spacial score (nSPS) is 10.2. The summed E-state index contributed by atoms with van der Waals surface area (Å²) in [6.07, 6.45) is 3.15. The van der Waals surface area contributed by atoms with Crippen LogP contribution in [0.1, 0.15) is 30.9 Å². The number of benzene rings is 2. The van der Waals surface area contributed by atoms with Crippen molar-refractivity contribution in [1.29, 1.82) is 0 Å². The minimum Gasteiger partial charge on any atom is -0.434 e. The van der Waals surface area contributed by atoms with Crippen LogP contribution in [0.15, 0.2) is 54.6 Å². The summed E-state index contributed by atoms with van der Waals surface area (Å²) in [5.41, 5.74) is 2.52. The van der Waals surface area contributed by atoms with Gasteiger partial charge in [0, 0.05) is 0 Å². The first kappa shape index (κ1) is 16.1. The van der Waals surface area contributed by atoms with Gasteiger partial charge in [0.05, 0.1) is 6.61 Å². The second kappa shape index (κ2) is 8.88. The summed E-state index contributed by atoms with van der Waals surface area (Å²) in [6.45, 7) is 2.47. The summed E-state index contributed by atoms with van der Waals surface area (Å²) < 4.78 is 10.2. The molecular formula is C19H22O3. The van der Waals surface area contributed by atoms with E-state index in [2.05, 4.69) is 19.1 Å². The molecule has 2 rings (SSSR count). The second-order valence-corrected chi connectivity index (χ2v) is 5.14. The predicted octanol–water partition coefficient (Wildman–Crippen LogP) is 4.79. The number of ether oxygens (including phenoxy) is 2. The van der Waals surface area contributed by atoms with Crippen LogP contribution in [0.2, 0.25) is 0 Å². The number of hydrogen-bond acceptors (Lipinski definition) is 3. The monoisotopic (exact) mass is 298 g/mol. The lowest BCUT2D eigenvalue weighted by Crippen LogP contribution is -2.11. The fourth-order valence-electron chi connectivity index (χ4n) is 2.15. The van der Waals surface area contributed by atoms with Gasteiger partial charge in [0.25, 0.3) is 0 Å². The first-order valence-corrected chi connectivity index (χ1v) is 7.75. The van der Waals surface area contributed by atoms with Crippen molar-refractivity contribution in [1.82, 2.24) is 0 Å². The lowest BCUT2D eigenvalue weighted by atomic mass is 10.1. The number of rotatable bonds is 7. The van der Waals surface area contributed by atoms with Crippen molar-refractivity contribution in [2.24, 2.45) is 0 Å². The van der Waals surface area contributed by atoms with E-state index in [0.717, 1.165) is 25.7 Å². The highest BCUT2D eigenvalue weighted by atomic mass is 16.7. The Kier molecular flexibility index (Phi) is 6.49. The van der Waals surface area contributed by atoms with Crippen LogP contribution in [0.5, 0.6) is 5.75 Å². The minimum absolute atomic E-state index is 0.388. The molecule has 3 heteroatoms. The fourth-order valence-corrected chi connectivity index (χ4v) is 2.15. The number of hydrogen-bond donors (Lipinski definition) is 0. The van der Waals surface area contributed by atoms with Crippen LogP contribution in [0.25, 0.3) is 0 Å². The third kappa shape index (κ3) is 5.60. The van der Waals surface area contributed by atoms with E-state index < -0.39 is 6.16 Å². The van der Waals surface area contributed by atoms with Crippen LogP contribution in [0, 0.1) is 0 Å². The third-order valence-electron chi connectivity index (χ3n) is 3.46. The Labute approximate surface area is 131 Å². The van der Waals surface area contributed by atoms with Crippen LogP contribution >= 0.6 is 0 Å². The summed E-state index contributed by atoms with van der Waals surface area (Å²) in [7, 11) is 0. The summed E-state index contributed by atoms with van der Waals surface area (Å²) >= 11 is 0. The molecule has 0 spiro atoms. The van der Waals surface area contributed by atoms with Crippen molar-refractivity contribution in [2.45, 2.75) is 32.6 Å². The molecule has 2 aromatic rings. The van der Waals surface area contributed by atoms with Crippen LogP contribution in [0.4, 0.5) is 4.79 Å². The average Bonchev–Trinajstić information content (AvgIpc) is 2.56. The van der Waals surface area contributed by atoms with Gasteiger partial charge in [-0.15, -0.1) is 0 Å². The average molecular weight is 298 g/mol. The molecule has 0 atom stereocenters. The van der Waals surface area contributed by atoms with Gasteiger partial charge in [-0.25, -0.2) is 4.79 Å². The molecule has 0 heterocycles. The highest BCUT2D eigenvalue weighted by Crippen LogP contribution is 2.13. The van der Waals surface area contributed by atoms with E-state index in [4.69, 9.17) is 9.47 Å². The maximum Gasteiger partial charge on any atom is 0.513 e. The van der Waals surface area contributed by atoms with Gasteiger partial charge in [-0.2, -0.15) is 0 Å². The maximum atomic E-state index is 11.6. The van der Waals surface area contributed by atoms with E-state index in [9.17, 15) is 4.79 Å². The van der Waals surface area contributed by atoms with E-state index >= 15 is 0 Å². The van der Waals surface area contributed by atoms with Crippen LogP contribution < -0.4 is 4.74 Å². The topological polar surface area (TPSA) is 35.5 Å². The molecule has 0 radical (unpaired) electrons. The molecule has 0 bridgehead atoms. The van der Waals surface area contributed by atoms with Crippen LogP contribution in [-0.4, -0.2) is 12.8 Å². The first-order valence-electron chi connectivity index (χ1n) is 7.75. The SMILES string of the molecule is CCc1ccc(OC(=O)OCCCCc2ccccc2)cc1. The molecule has 116 valence electrons. The molecule has 0 unspecified atom stereocenters. The Balaban J connectivity index is 1.61. The van der Waals surface area contributed by atoms with Gasteiger partial charge >= 0.3 is 6.16 Å². The van der Waals surface area contributed by atoms with Crippen molar-refractivity contribution in [3.8, 4) is 5.75 Å². The molecule has 0 N–H and O–H groups in total. The van der Waals surface area contributed by atoms with Gasteiger partial charge in [0.1, 0.15) is 5.75 Å². The lowest BCUT2D eigenvalue weighted by molar-refractivity contribution is 0.0975. The van der Waals surface area contributed by atoms with Gasteiger partial charge < -0.3 is 9.47 Å². The van der Waals surface area contributed by atoms with Gasteiger partial charge in [0.2, 0.25) is 0 Å². The molecule has 0 aromatic heterocycles. The van der Waals surface area contributed by atoms with Crippen molar-refractivity contribution >= 4 is 6.16 Å². The first-order chi connectivity index (χ1) is 10.8. The van der Waals surface area contributed by atoms with Gasteiger partial charge in [-0.05, 0) is 48.9 Å². The standard InChI is InChI=1S/C19H22O3/c1-2-16-11-13-18(14-12-16)22-19(20)21-15-7-6-10-17-8-4-3-5-9-17/h3-5,8-9,11-14H,2,6-7,10,15H2,1H3. The zero-order valence-corrected chi connectivity index (χ0v) is 13.0. The van der Waals surface area contributed by atoms with Crippen molar-refractivity contribution in [2.75, 3.05) is 6.61 Å². The van der Waals surface area contributed by atoms with E-state index in [1.165, 1.54) is 11.1 Å². The molecule has 3 nitrogen and oxygen atoms in total. The van der Waals surface area contributed by atoms with Crippen LogP contribution in [0.3, 0.4) is 0 Å². The van der Waals surface area contributed by atoms with Gasteiger partial charge in [-0.1, -0.05) is 49.4 Å². The number of carbonyl (C=O) groups is 1. The predicted molar refractivity (Wildman–Crippen MR) is 87.2 cm³/mol. The molecule has 0 saturated heterocycles. The zero-order chi connectivity index (χ0) is 15.6. The van der Waals surface area contributed by atoms with E-state index in [1.54, 1.807) is 12.1 Å². The highest BCUT2D eigenvalue weighted by Gasteiger charge is 2.05. The summed E-state index contributed by atoms with van der Waals surface area (Å²) in [5.74, 6) is 0.520. The quantitative estimate of drug-likeness (QED) is 0.419. The smallest absolute Gasteiger partial charge is 0.434 e. The third-order valence-corrected chi connectivity index (χ3v) is 3.46. The lowest BCUT2D eigenvalue weighted by Gasteiger charge is -2.06. The Morgan fingerprint density at radius 3 is 2.32 bits per heavy atom. The molecule has 0 saturated carbocycles. The van der Waals surface area contributed by atoms with E-state index in [1.807, 2.05) is 30.3 Å². The van der Waals surface area contributed by atoms with E-state index in [0.29, 0.717) is 12.4 Å². The minimum atomic E-state index is -0.635. The Hall–Kier alpha value is -2.29. The van der Waals surface area contributed by atoms with Crippen LogP contribution in [-0.2, 0) is 17.6 Å². The number of aryl methyl sites for hydroxylation is 2. The van der Waals surface area contributed by atoms with Gasteiger partial charge in [-0.3, -0.25) is 0 Å². The molecule has 2 aromatic carbocycles. The van der Waals surface area contributed by atoms with Gasteiger partial charge in [0.15, 0.2) is 0 Å². The second-order valence-electron chi connectivity index (χ2n) is 5.14. The van der Waals surface area contributed by atoms with Crippen molar-refractivity contribution in [3.05, 3.63) is 65.7 Å². The Morgan fingerprint density at radius 1 is 0.909 bits per heavy atom. The molecular weight excluding hydrogens is 276 g/mol. The maximum absolute atomic E-state index is 11.6. The molecule has 0 aliphatic rings. The summed E-state index contributed by atoms with van der Waals surface area (Å²) in [6, 6.07) is 17.8. The number of carbonyl (C=O) groups excluding carboxylic acids is 1. The Bertz CT molecular complexity index is 561. The zero-order valence-electron chi connectivity index (χ0n) is 13.0. The molecule has 0 aliphatic carbocycles. The Morgan fingerprint density at radius 2 is 1.64 bits per heavy atom. The number of unbranched alkanes of at least 4 members (excludes halogenated alkanes) is 1. The fraction of sp³-hybridized carbons (Fsp3) is 0.316.